The van der Waals surface area contributed by atoms with Gasteiger partial charge < -0.3 is 23.8 Å². The topological polar surface area (TPSA) is 40.2 Å². The second kappa shape index (κ2) is 5.75. The van der Waals surface area contributed by atoms with Crippen LogP contribution in [-0.2, 0) is 18.9 Å². The van der Waals surface area contributed by atoms with Crippen LogP contribution in [0.3, 0.4) is 0 Å². The molecule has 19 heavy (non-hydrogen) atoms. The lowest BCUT2D eigenvalue weighted by atomic mass is 10.3. The minimum atomic E-state index is -0.849. The first-order chi connectivity index (χ1) is 9.21. The summed E-state index contributed by atoms with van der Waals surface area (Å²) in [5.41, 5.74) is 0. The molecule has 8 heteroatoms. The highest BCUT2D eigenvalue weighted by atomic mass is 35.5. The standard InChI is InChI=1S/C11H14ClNO4S2/c12-9-8(11(7-15-9)16-5-6-17-11)19-10(18)13-1-3-14-4-2-13/h1-7H2. The number of hydrogen-bond acceptors (Lipinski definition) is 6. The molecule has 2 fully saturated rings. The summed E-state index contributed by atoms with van der Waals surface area (Å²) in [6, 6.07) is 0. The Bertz CT molecular complexity index is 405. The quantitative estimate of drug-likeness (QED) is 0.677. The predicted molar refractivity (Wildman–Crippen MR) is 76.0 cm³/mol. The minimum absolute atomic E-state index is 0.292. The number of nitrogens with zero attached hydrogens (tertiary/aromatic N) is 1. The van der Waals surface area contributed by atoms with Gasteiger partial charge in [-0.05, 0) is 11.6 Å². The van der Waals surface area contributed by atoms with E-state index in [1.165, 1.54) is 11.8 Å². The van der Waals surface area contributed by atoms with Crippen LogP contribution in [0.25, 0.3) is 0 Å². The third-order valence-corrected chi connectivity index (χ3v) is 5.18. The Morgan fingerprint density at radius 2 is 1.89 bits per heavy atom. The van der Waals surface area contributed by atoms with Gasteiger partial charge in [-0.15, -0.1) is 0 Å². The summed E-state index contributed by atoms with van der Waals surface area (Å²) < 4.78 is 22.7. The van der Waals surface area contributed by atoms with Gasteiger partial charge in [-0.3, -0.25) is 0 Å². The smallest absolute Gasteiger partial charge is 0.241 e. The van der Waals surface area contributed by atoms with Gasteiger partial charge in [0.05, 0.1) is 26.4 Å². The third kappa shape index (κ3) is 2.72. The molecule has 0 atom stereocenters. The Morgan fingerprint density at radius 1 is 1.21 bits per heavy atom. The molecule has 0 N–H and O–H groups in total. The fourth-order valence-corrected chi connectivity index (χ4v) is 3.83. The molecule has 0 aromatic carbocycles. The van der Waals surface area contributed by atoms with E-state index in [0.717, 1.165) is 22.3 Å². The van der Waals surface area contributed by atoms with Gasteiger partial charge in [0.1, 0.15) is 15.8 Å². The van der Waals surface area contributed by atoms with Crippen LogP contribution in [0.2, 0.25) is 0 Å². The zero-order valence-corrected chi connectivity index (χ0v) is 12.6. The summed E-state index contributed by atoms with van der Waals surface area (Å²) in [5.74, 6) is -0.849. The zero-order chi connectivity index (χ0) is 13.3. The Morgan fingerprint density at radius 3 is 2.58 bits per heavy atom. The van der Waals surface area contributed by atoms with Crippen LogP contribution in [0.1, 0.15) is 0 Å². The van der Waals surface area contributed by atoms with Gasteiger partial charge >= 0.3 is 0 Å². The number of morpholine rings is 1. The molecule has 0 aliphatic carbocycles. The highest BCUT2D eigenvalue weighted by Crippen LogP contribution is 2.45. The van der Waals surface area contributed by atoms with E-state index < -0.39 is 5.79 Å². The van der Waals surface area contributed by atoms with Crippen molar-refractivity contribution in [3.05, 3.63) is 10.1 Å². The highest BCUT2D eigenvalue weighted by Gasteiger charge is 2.49. The average molecular weight is 324 g/mol. The Hall–Kier alpha value is -0.0500. The number of halogens is 1. The van der Waals surface area contributed by atoms with Crippen LogP contribution < -0.4 is 0 Å². The summed E-state index contributed by atoms with van der Waals surface area (Å²) in [4.78, 5) is 2.82. The summed E-state index contributed by atoms with van der Waals surface area (Å²) in [6.07, 6.45) is 0. The third-order valence-electron chi connectivity index (χ3n) is 3.13. The molecule has 3 aliphatic heterocycles. The highest BCUT2D eigenvalue weighted by molar-refractivity contribution is 8.25. The molecule has 0 aromatic heterocycles. The van der Waals surface area contributed by atoms with Crippen molar-refractivity contribution >= 4 is 39.9 Å². The van der Waals surface area contributed by atoms with Crippen molar-refractivity contribution in [3.63, 3.8) is 0 Å². The molecule has 0 saturated carbocycles. The van der Waals surface area contributed by atoms with Gasteiger partial charge in [-0.1, -0.05) is 24.0 Å². The zero-order valence-electron chi connectivity index (χ0n) is 10.2. The van der Waals surface area contributed by atoms with Crippen molar-refractivity contribution in [2.45, 2.75) is 5.79 Å². The largest absolute Gasteiger partial charge is 0.476 e. The fraction of sp³-hybridized carbons (Fsp3) is 0.727. The van der Waals surface area contributed by atoms with Crippen molar-refractivity contribution in [2.75, 3.05) is 46.1 Å². The summed E-state index contributed by atoms with van der Waals surface area (Å²) in [7, 11) is 0. The number of ether oxygens (including phenoxy) is 4. The van der Waals surface area contributed by atoms with Crippen molar-refractivity contribution < 1.29 is 18.9 Å². The maximum absolute atomic E-state index is 6.10. The lowest BCUT2D eigenvalue weighted by molar-refractivity contribution is -0.133. The van der Waals surface area contributed by atoms with E-state index in [1.807, 2.05) is 0 Å². The molecule has 0 bridgehead atoms. The SMILES string of the molecule is S=C(SC1=C(Cl)OCC12OCCO2)N1CCOCC1. The Kier molecular flexibility index (Phi) is 4.21. The second-order valence-corrected chi connectivity index (χ2v) is 6.30. The maximum Gasteiger partial charge on any atom is 0.241 e. The van der Waals surface area contributed by atoms with Gasteiger partial charge in [0.15, 0.2) is 0 Å². The van der Waals surface area contributed by atoms with E-state index in [0.29, 0.717) is 38.3 Å². The number of hydrogen-bond donors (Lipinski definition) is 0. The summed E-state index contributed by atoms with van der Waals surface area (Å²) in [6.45, 7) is 4.37. The van der Waals surface area contributed by atoms with Gasteiger partial charge in [0.2, 0.25) is 11.0 Å². The van der Waals surface area contributed by atoms with E-state index in [2.05, 4.69) is 4.90 Å². The van der Waals surface area contributed by atoms with Crippen LogP contribution in [-0.4, -0.2) is 61.1 Å². The van der Waals surface area contributed by atoms with Gasteiger partial charge in [0, 0.05) is 13.1 Å². The van der Waals surface area contributed by atoms with E-state index in [4.69, 9.17) is 42.8 Å². The molecule has 2 saturated heterocycles. The molecule has 0 unspecified atom stereocenters. The second-order valence-electron chi connectivity index (χ2n) is 4.31. The normalized spacial score (nSPS) is 26.1. The molecule has 1 spiro atoms. The lowest BCUT2D eigenvalue weighted by Gasteiger charge is -2.30. The van der Waals surface area contributed by atoms with Crippen molar-refractivity contribution in [1.82, 2.24) is 4.90 Å². The molecule has 5 nitrogen and oxygen atoms in total. The van der Waals surface area contributed by atoms with Crippen LogP contribution in [0, 0.1) is 0 Å². The minimum Gasteiger partial charge on any atom is -0.476 e. The van der Waals surface area contributed by atoms with Gasteiger partial charge in [-0.2, -0.15) is 0 Å². The first-order valence-corrected chi connectivity index (χ1v) is 7.67. The molecule has 3 heterocycles. The molecule has 0 radical (unpaired) electrons. The predicted octanol–water partition coefficient (Wildman–Crippen LogP) is 1.52. The molecule has 106 valence electrons. The number of rotatable bonds is 1. The molecular weight excluding hydrogens is 310 g/mol. The van der Waals surface area contributed by atoms with Crippen LogP contribution in [0.5, 0.6) is 0 Å². The fourth-order valence-electron chi connectivity index (χ4n) is 2.12. The van der Waals surface area contributed by atoms with Gasteiger partial charge in [-0.25, -0.2) is 0 Å². The number of thiocarbonyl (C=S) groups is 1. The van der Waals surface area contributed by atoms with E-state index >= 15 is 0 Å². The first-order valence-electron chi connectivity index (χ1n) is 6.07. The van der Waals surface area contributed by atoms with Crippen molar-refractivity contribution in [1.29, 1.82) is 0 Å². The molecule has 3 rings (SSSR count). The first kappa shape index (κ1) is 13.9. The van der Waals surface area contributed by atoms with Crippen LogP contribution >= 0.6 is 35.6 Å². The van der Waals surface area contributed by atoms with Crippen LogP contribution in [0.15, 0.2) is 10.1 Å². The molecule has 3 aliphatic rings. The van der Waals surface area contributed by atoms with E-state index in [1.54, 1.807) is 0 Å². The molecule has 0 aromatic rings. The number of thioether (sulfide) groups is 1. The van der Waals surface area contributed by atoms with Gasteiger partial charge in [0.25, 0.3) is 0 Å². The lowest BCUT2D eigenvalue weighted by Crippen LogP contribution is -2.40. The Balaban J connectivity index is 1.70. The van der Waals surface area contributed by atoms with Crippen molar-refractivity contribution in [3.8, 4) is 0 Å². The van der Waals surface area contributed by atoms with E-state index in [9.17, 15) is 0 Å². The van der Waals surface area contributed by atoms with Crippen molar-refractivity contribution in [2.24, 2.45) is 0 Å². The molecule has 0 amide bonds. The summed E-state index contributed by atoms with van der Waals surface area (Å²) in [5, 5.41) is 0.322. The average Bonchev–Trinajstić information content (AvgIpc) is 3.03. The Labute approximate surface area is 126 Å². The van der Waals surface area contributed by atoms with E-state index in [-0.39, 0.29) is 0 Å². The summed E-state index contributed by atoms with van der Waals surface area (Å²) >= 11 is 13.0. The molecular formula is C11H14ClNO4S2. The monoisotopic (exact) mass is 323 g/mol. The maximum atomic E-state index is 6.10. The van der Waals surface area contributed by atoms with Crippen LogP contribution in [0.4, 0.5) is 0 Å².